The maximum absolute atomic E-state index is 8.88. The van der Waals surface area contributed by atoms with Crippen LogP contribution in [0.25, 0.3) is 0 Å². The van der Waals surface area contributed by atoms with Gasteiger partial charge in [0.2, 0.25) is 0 Å². The van der Waals surface area contributed by atoms with Crippen LogP contribution >= 0.6 is 0 Å². The fraction of sp³-hybridized carbons (Fsp3) is 0.462. The molecule has 1 atom stereocenters. The summed E-state index contributed by atoms with van der Waals surface area (Å²) in [6.45, 7) is 4.71. The van der Waals surface area contributed by atoms with Crippen LogP contribution in [0, 0.1) is 17.2 Å². The molecule has 1 unspecified atom stereocenters. The number of nitriles is 1. The number of benzene rings is 1. The normalized spacial score (nSPS) is 12.4. The highest BCUT2D eigenvalue weighted by Gasteiger charge is 2.09. The van der Waals surface area contributed by atoms with Crippen LogP contribution in [0.5, 0.6) is 0 Å². The number of hydrogen-bond acceptors (Lipinski definition) is 2. The Kier molecular flexibility index (Phi) is 4.86. The molecule has 0 fully saturated rings. The number of nitrogens with zero attached hydrogens (tertiary/aromatic N) is 1. The molecular formula is C13H17NO. The first-order chi connectivity index (χ1) is 7.22. The van der Waals surface area contributed by atoms with Gasteiger partial charge in [-0.25, -0.2) is 0 Å². The first kappa shape index (κ1) is 11.7. The second-order valence-electron chi connectivity index (χ2n) is 4.04. The summed E-state index contributed by atoms with van der Waals surface area (Å²) in [5, 5.41) is 8.88. The van der Waals surface area contributed by atoms with E-state index in [2.05, 4.69) is 19.9 Å². The lowest BCUT2D eigenvalue weighted by atomic mass is 10.1. The molecule has 0 bridgehead atoms. The van der Waals surface area contributed by atoms with Crippen LogP contribution in [0.1, 0.15) is 25.8 Å². The number of ether oxygens (including phenoxy) is 1. The highest BCUT2D eigenvalue weighted by atomic mass is 16.5. The Morgan fingerprint density at radius 3 is 2.47 bits per heavy atom. The van der Waals surface area contributed by atoms with Crippen molar-refractivity contribution in [3.63, 3.8) is 0 Å². The molecule has 2 nitrogen and oxygen atoms in total. The predicted molar refractivity (Wildman–Crippen MR) is 60.1 cm³/mol. The van der Waals surface area contributed by atoms with E-state index in [-0.39, 0.29) is 6.10 Å². The fourth-order valence-electron chi connectivity index (χ4n) is 1.36. The first-order valence-electron chi connectivity index (χ1n) is 5.27. The molecule has 80 valence electrons. The minimum absolute atomic E-state index is 0.287. The van der Waals surface area contributed by atoms with Crippen molar-refractivity contribution in [3.05, 3.63) is 35.9 Å². The van der Waals surface area contributed by atoms with Crippen LogP contribution in [0.3, 0.4) is 0 Å². The fourth-order valence-corrected chi connectivity index (χ4v) is 1.36. The van der Waals surface area contributed by atoms with Crippen LogP contribution in [-0.2, 0) is 11.3 Å². The molecule has 0 aliphatic carbocycles. The third-order valence-electron chi connectivity index (χ3n) is 2.12. The van der Waals surface area contributed by atoms with E-state index in [1.807, 2.05) is 30.3 Å². The molecule has 0 N–H and O–H groups in total. The Morgan fingerprint density at radius 1 is 1.27 bits per heavy atom. The van der Waals surface area contributed by atoms with Crippen LogP contribution in [-0.4, -0.2) is 6.10 Å². The summed E-state index contributed by atoms with van der Waals surface area (Å²) >= 11 is 0. The Bertz CT molecular complexity index is 313. The lowest BCUT2D eigenvalue weighted by molar-refractivity contribution is 0.0633. The molecule has 1 aromatic rings. The van der Waals surface area contributed by atoms with Crippen LogP contribution in [0.15, 0.2) is 30.3 Å². The maximum Gasteiger partial charge on any atom is 0.144 e. The molecule has 0 spiro atoms. The monoisotopic (exact) mass is 203 g/mol. The van der Waals surface area contributed by atoms with Crippen molar-refractivity contribution in [3.8, 4) is 6.07 Å². The molecule has 0 saturated heterocycles. The van der Waals surface area contributed by atoms with Gasteiger partial charge in [-0.15, -0.1) is 0 Å². The summed E-state index contributed by atoms with van der Waals surface area (Å²) < 4.78 is 5.53. The molecule has 0 aliphatic heterocycles. The van der Waals surface area contributed by atoms with Gasteiger partial charge in [0.05, 0.1) is 12.7 Å². The summed E-state index contributed by atoms with van der Waals surface area (Å²) in [6.07, 6.45) is 0.508. The van der Waals surface area contributed by atoms with Crippen molar-refractivity contribution in [2.45, 2.75) is 33.0 Å². The highest BCUT2D eigenvalue weighted by Crippen LogP contribution is 2.10. The molecule has 0 aliphatic rings. The zero-order valence-corrected chi connectivity index (χ0v) is 9.31. The molecule has 2 heteroatoms. The number of rotatable bonds is 5. The van der Waals surface area contributed by atoms with Crippen molar-refractivity contribution in [2.24, 2.45) is 5.92 Å². The van der Waals surface area contributed by atoms with Gasteiger partial charge in [-0.3, -0.25) is 0 Å². The van der Waals surface area contributed by atoms with Crippen molar-refractivity contribution >= 4 is 0 Å². The van der Waals surface area contributed by atoms with Crippen LogP contribution in [0.2, 0.25) is 0 Å². The number of hydrogen-bond donors (Lipinski definition) is 0. The minimum atomic E-state index is -0.287. The van der Waals surface area contributed by atoms with Crippen molar-refractivity contribution < 1.29 is 4.74 Å². The lowest BCUT2D eigenvalue weighted by Crippen LogP contribution is -2.13. The molecule has 0 radical (unpaired) electrons. The van der Waals surface area contributed by atoms with Gasteiger partial charge in [0.25, 0.3) is 0 Å². The quantitative estimate of drug-likeness (QED) is 0.736. The molecule has 15 heavy (non-hydrogen) atoms. The van der Waals surface area contributed by atoms with Gasteiger partial charge < -0.3 is 4.74 Å². The van der Waals surface area contributed by atoms with Crippen molar-refractivity contribution in [1.29, 1.82) is 5.26 Å². The van der Waals surface area contributed by atoms with Gasteiger partial charge in [0.15, 0.2) is 0 Å². The summed E-state index contributed by atoms with van der Waals surface area (Å²) in [6, 6.07) is 12.1. The Labute approximate surface area is 91.5 Å². The SMILES string of the molecule is CC(C)CC(C#N)OCc1ccccc1. The molecule has 0 heterocycles. The van der Waals surface area contributed by atoms with Gasteiger partial charge in [-0.05, 0) is 17.9 Å². The Balaban J connectivity index is 2.39. The summed E-state index contributed by atoms with van der Waals surface area (Å²) in [5.41, 5.74) is 1.11. The van der Waals surface area contributed by atoms with Crippen molar-refractivity contribution in [2.75, 3.05) is 0 Å². The van der Waals surface area contributed by atoms with E-state index in [0.29, 0.717) is 12.5 Å². The molecule has 1 rings (SSSR count). The topological polar surface area (TPSA) is 33.0 Å². The largest absolute Gasteiger partial charge is 0.359 e. The summed E-state index contributed by atoms with van der Waals surface area (Å²) in [7, 11) is 0. The third kappa shape index (κ3) is 4.62. The average molecular weight is 203 g/mol. The zero-order chi connectivity index (χ0) is 11.1. The summed E-state index contributed by atoms with van der Waals surface area (Å²) in [4.78, 5) is 0. The van der Waals surface area contributed by atoms with Crippen molar-refractivity contribution in [1.82, 2.24) is 0 Å². The second-order valence-corrected chi connectivity index (χ2v) is 4.04. The van der Waals surface area contributed by atoms with E-state index in [9.17, 15) is 0 Å². The smallest absolute Gasteiger partial charge is 0.144 e. The maximum atomic E-state index is 8.88. The van der Waals surface area contributed by atoms with Gasteiger partial charge in [-0.2, -0.15) is 5.26 Å². The van der Waals surface area contributed by atoms with E-state index in [0.717, 1.165) is 12.0 Å². The van der Waals surface area contributed by atoms with E-state index in [1.54, 1.807) is 0 Å². The average Bonchev–Trinajstić information content (AvgIpc) is 2.25. The van der Waals surface area contributed by atoms with Crippen LogP contribution < -0.4 is 0 Å². The second kappa shape index (κ2) is 6.21. The highest BCUT2D eigenvalue weighted by molar-refractivity contribution is 5.13. The minimum Gasteiger partial charge on any atom is -0.359 e. The molecule has 0 aromatic heterocycles. The van der Waals surface area contributed by atoms with E-state index < -0.39 is 0 Å². The lowest BCUT2D eigenvalue weighted by Gasteiger charge is -2.12. The molecule has 0 amide bonds. The molecule has 1 aromatic carbocycles. The van der Waals surface area contributed by atoms with Crippen LogP contribution in [0.4, 0.5) is 0 Å². The summed E-state index contributed by atoms with van der Waals surface area (Å²) in [5.74, 6) is 0.491. The predicted octanol–water partition coefficient (Wildman–Crippen LogP) is 3.14. The molecular weight excluding hydrogens is 186 g/mol. The molecule has 0 saturated carbocycles. The first-order valence-corrected chi connectivity index (χ1v) is 5.27. The standard InChI is InChI=1S/C13H17NO/c1-11(2)8-13(9-14)15-10-12-6-4-3-5-7-12/h3-7,11,13H,8,10H2,1-2H3. The zero-order valence-electron chi connectivity index (χ0n) is 9.31. The van der Waals surface area contributed by atoms with Gasteiger partial charge in [0.1, 0.15) is 6.10 Å². The van der Waals surface area contributed by atoms with Gasteiger partial charge >= 0.3 is 0 Å². The van der Waals surface area contributed by atoms with E-state index >= 15 is 0 Å². The van der Waals surface area contributed by atoms with Gasteiger partial charge in [-0.1, -0.05) is 44.2 Å². The Morgan fingerprint density at radius 2 is 1.93 bits per heavy atom. The van der Waals surface area contributed by atoms with E-state index in [4.69, 9.17) is 10.00 Å². The van der Waals surface area contributed by atoms with E-state index in [1.165, 1.54) is 0 Å². The Hall–Kier alpha value is -1.33. The van der Waals surface area contributed by atoms with Gasteiger partial charge in [0, 0.05) is 0 Å². The third-order valence-corrected chi connectivity index (χ3v) is 2.12.